The zero-order valence-electron chi connectivity index (χ0n) is 13.2. The molecule has 0 aromatic heterocycles. The summed E-state index contributed by atoms with van der Waals surface area (Å²) >= 11 is 0. The lowest BCUT2D eigenvalue weighted by atomic mass is 10.1. The third kappa shape index (κ3) is 3.83. The van der Waals surface area contributed by atoms with Crippen molar-refractivity contribution in [3.63, 3.8) is 0 Å². The topological polar surface area (TPSA) is 21.3 Å². The Morgan fingerprint density at radius 1 is 1.25 bits per heavy atom. The van der Waals surface area contributed by atoms with Crippen molar-refractivity contribution in [3.8, 4) is 0 Å². The largest absolute Gasteiger partial charge is 0.376 e. The van der Waals surface area contributed by atoms with Gasteiger partial charge in [0.15, 0.2) is 0 Å². The first kappa shape index (κ1) is 15.5. The molecule has 0 saturated heterocycles. The van der Waals surface area contributed by atoms with Crippen LogP contribution in [0.15, 0.2) is 24.3 Å². The van der Waals surface area contributed by atoms with E-state index in [1.54, 1.807) is 0 Å². The van der Waals surface area contributed by atoms with E-state index in [0.717, 1.165) is 26.0 Å². The molecule has 2 nitrogen and oxygen atoms in total. The first-order chi connectivity index (χ1) is 9.76. The van der Waals surface area contributed by atoms with E-state index < -0.39 is 0 Å². The van der Waals surface area contributed by atoms with Crippen molar-refractivity contribution in [2.45, 2.75) is 58.6 Å². The minimum atomic E-state index is 0.304. The molecule has 0 amide bonds. The molecule has 2 rings (SSSR count). The molecule has 1 N–H and O–H groups in total. The van der Waals surface area contributed by atoms with Crippen LogP contribution >= 0.6 is 0 Å². The number of fused-ring (bicyclic) bond motifs is 1. The highest BCUT2D eigenvalue weighted by Gasteiger charge is 2.32. The lowest BCUT2D eigenvalue weighted by Crippen LogP contribution is -2.32. The van der Waals surface area contributed by atoms with E-state index in [0.29, 0.717) is 18.1 Å². The van der Waals surface area contributed by atoms with Crippen LogP contribution in [0.4, 0.5) is 0 Å². The van der Waals surface area contributed by atoms with Crippen LogP contribution < -0.4 is 5.32 Å². The highest BCUT2D eigenvalue weighted by atomic mass is 16.5. The average Bonchev–Trinajstić information content (AvgIpc) is 2.81. The molecule has 0 aliphatic heterocycles. The van der Waals surface area contributed by atoms with E-state index in [1.165, 1.54) is 24.0 Å². The van der Waals surface area contributed by atoms with Gasteiger partial charge in [0.1, 0.15) is 0 Å². The predicted molar refractivity (Wildman–Crippen MR) is 85.0 cm³/mol. The van der Waals surface area contributed by atoms with Crippen molar-refractivity contribution in [2.75, 3.05) is 13.2 Å². The number of nitrogens with one attached hydrogen (secondary N) is 1. The van der Waals surface area contributed by atoms with Crippen LogP contribution in [0, 0.1) is 5.92 Å². The minimum Gasteiger partial charge on any atom is -0.376 e. The SMILES string of the molecule is CCCNC1c2ccccc2CC1OCC(C)CCC. The molecular formula is C18H29NO. The summed E-state index contributed by atoms with van der Waals surface area (Å²) in [5, 5.41) is 3.67. The smallest absolute Gasteiger partial charge is 0.0810 e. The summed E-state index contributed by atoms with van der Waals surface area (Å²) in [6.45, 7) is 8.70. The van der Waals surface area contributed by atoms with E-state index >= 15 is 0 Å². The maximum Gasteiger partial charge on any atom is 0.0810 e. The van der Waals surface area contributed by atoms with Gasteiger partial charge >= 0.3 is 0 Å². The van der Waals surface area contributed by atoms with Gasteiger partial charge in [0.25, 0.3) is 0 Å². The number of benzene rings is 1. The highest BCUT2D eigenvalue weighted by Crippen LogP contribution is 2.33. The predicted octanol–water partition coefficient (Wildman–Crippen LogP) is 4.10. The van der Waals surface area contributed by atoms with Crippen LogP contribution in [0.1, 0.15) is 57.2 Å². The Morgan fingerprint density at radius 2 is 2.05 bits per heavy atom. The second-order valence-electron chi connectivity index (χ2n) is 6.10. The molecule has 0 heterocycles. The van der Waals surface area contributed by atoms with E-state index in [-0.39, 0.29) is 0 Å². The highest BCUT2D eigenvalue weighted by molar-refractivity contribution is 5.36. The summed E-state index contributed by atoms with van der Waals surface area (Å²) in [5.41, 5.74) is 2.89. The van der Waals surface area contributed by atoms with Gasteiger partial charge in [-0.25, -0.2) is 0 Å². The number of hydrogen-bond donors (Lipinski definition) is 1. The molecule has 1 aromatic rings. The lowest BCUT2D eigenvalue weighted by molar-refractivity contribution is 0.0148. The molecule has 0 fully saturated rings. The minimum absolute atomic E-state index is 0.304. The van der Waals surface area contributed by atoms with Gasteiger partial charge in [0.2, 0.25) is 0 Å². The standard InChI is InChI=1S/C18H29NO/c1-4-8-14(3)13-20-17-12-15-9-6-7-10-16(15)18(17)19-11-5-2/h6-7,9-10,14,17-19H,4-5,8,11-13H2,1-3H3. The van der Waals surface area contributed by atoms with Crippen LogP contribution in [0.3, 0.4) is 0 Å². The van der Waals surface area contributed by atoms with Gasteiger partial charge in [-0.1, -0.05) is 51.5 Å². The summed E-state index contributed by atoms with van der Waals surface area (Å²) in [5.74, 6) is 0.663. The zero-order chi connectivity index (χ0) is 14.4. The van der Waals surface area contributed by atoms with E-state index in [2.05, 4.69) is 50.4 Å². The average molecular weight is 275 g/mol. The Morgan fingerprint density at radius 3 is 2.80 bits per heavy atom. The summed E-state index contributed by atoms with van der Waals surface area (Å²) < 4.78 is 6.25. The van der Waals surface area contributed by atoms with Crippen molar-refractivity contribution in [1.82, 2.24) is 5.32 Å². The van der Waals surface area contributed by atoms with E-state index in [1.807, 2.05) is 0 Å². The van der Waals surface area contributed by atoms with Crippen LogP contribution in [0.2, 0.25) is 0 Å². The Balaban J connectivity index is 1.98. The van der Waals surface area contributed by atoms with Gasteiger partial charge in [0, 0.05) is 13.0 Å². The summed E-state index contributed by atoms with van der Waals surface area (Å²) in [6.07, 6.45) is 5.02. The number of rotatable bonds is 8. The van der Waals surface area contributed by atoms with Crippen molar-refractivity contribution in [3.05, 3.63) is 35.4 Å². The summed E-state index contributed by atoms with van der Waals surface area (Å²) in [7, 11) is 0. The molecule has 0 spiro atoms. The molecule has 0 bridgehead atoms. The molecule has 2 heteroatoms. The summed E-state index contributed by atoms with van der Waals surface area (Å²) in [4.78, 5) is 0. The van der Waals surface area contributed by atoms with Gasteiger partial charge in [-0.2, -0.15) is 0 Å². The van der Waals surface area contributed by atoms with Crippen LogP contribution in [-0.4, -0.2) is 19.3 Å². The van der Waals surface area contributed by atoms with Crippen LogP contribution in [-0.2, 0) is 11.2 Å². The number of ether oxygens (including phenoxy) is 1. The fourth-order valence-corrected chi connectivity index (χ4v) is 3.12. The lowest BCUT2D eigenvalue weighted by Gasteiger charge is -2.24. The molecule has 112 valence electrons. The zero-order valence-corrected chi connectivity index (χ0v) is 13.2. The quantitative estimate of drug-likeness (QED) is 0.771. The second kappa shape index (κ2) is 7.80. The molecule has 1 aliphatic carbocycles. The molecule has 1 aromatic carbocycles. The van der Waals surface area contributed by atoms with Gasteiger partial charge in [-0.3, -0.25) is 0 Å². The molecule has 0 radical (unpaired) electrons. The number of hydrogen-bond acceptors (Lipinski definition) is 2. The maximum absolute atomic E-state index is 6.25. The molecule has 20 heavy (non-hydrogen) atoms. The second-order valence-corrected chi connectivity index (χ2v) is 6.10. The third-order valence-corrected chi connectivity index (χ3v) is 4.17. The monoisotopic (exact) mass is 275 g/mol. The van der Waals surface area contributed by atoms with Gasteiger partial charge in [0.05, 0.1) is 12.1 Å². The fourth-order valence-electron chi connectivity index (χ4n) is 3.12. The fraction of sp³-hybridized carbons (Fsp3) is 0.667. The van der Waals surface area contributed by atoms with Gasteiger partial charge in [-0.15, -0.1) is 0 Å². The van der Waals surface area contributed by atoms with Crippen LogP contribution in [0.5, 0.6) is 0 Å². The first-order valence-corrected chi connectivity index (χ1v) is 8.19. The van der Waals surface area contributed by atoms with Gasteiger partial charge < -0.3 is 10.1 Å². The summed E-state index contributed by atoms with van der Waals surface area (Å²) in [6, 6.07) is 9.15. The third-order valence-electron chi connectivity index (χ3n) is 4.17. The molecule has 1 aliphatic rings. The Bertz CT molecular complexity index is 404. The molecule has 3 unspecified atom stereocenters. The van der Waals surface area contributed by atoms with Crippen molar-refractivity contribution in [1.29, 1.82) is 0 Å². The normalized spacial score (nSPS) is 22.8. The van der Waals surface area contributed by atoms with Crippen molar-refractivity contribution < 1.29 is 4.74 Å². The molecule has 3 atom stereocenters. The van der Waals surface area contributed by atoms with E-state index in [9.17, 15) is 0 Å². The van der Waals surface area contributed by atoms with Crippen molar-refractivity contribution in [2.24, 2.45) is 5.92 Å². The van der Waals surface area contributed by atoms with Crippen molar-refractivity contribution >= 4 is 0 Å². The van der Waals surface area contributed by atoms with E-state index in [4.69, 9.17) is 4.74 Å². The van der Waals surface area contributed by atoms with Crippen LogP contribution in [0.25, 0.3) is 0 Å². The first-order valence-electron chi connectivity index (χ1n) is 8.19. The molecule has 0 saturated carbocycles. The van der Waals surface area contributed by atoms with Gasteiger partial charge in [-0.05, 0) is 36.4 Å². The Labute approximate surface area is 123 Å². The maximum atomic E-state index is 6.25. The Hall–Kier alpha value is -0.860. The molecular weight excluding hydrogens is 246 g/mol. The Kier molecular flexibility index (Phi) is 6.06.